The van der Waals surface area contributed by atoms with Gasteiger partial charge in [-0.1, -0.05) is 18.2 Å². The van der Waals surface area contributed by atoms with Crippen molar-refractivity contribution in [3.05, 3.63) is 106 Å². The van der Waals surface area contributed by atoms with E-state index >= 15 is 0 Å². The van der Waals surface area contributed by atoms with Gasteiger partial charge in [0.05, 0.1) is 22.5 Å². The highest BCUT2D eigenvalue weighted by Gasteiger charge is 2.39. The third-order valence-electron chi connectivity index (χ3n) is 6.33. The van der Waals surface area contributed by atoms with Gasteiger partial charge >= 0.3 is 12.4 Å². The number of Topliss-reactive ketones (excluding diaryl/α,β-unsaturated/α-hetero) is 1. The largest absolute Gasteiger partial charge is 0.417 e. The first-order valence-corrected chi connectivity index (χ1v) is 11.8. The Morgan fingerprint density at radius 3 is 2.45 bits per heavy atom. The summed E-state index contributed by atoms with van der Waals surface area (Å²) in [6, 6.07) is 8.10. The first kappa shape index (κ1) is 27.1. The Labute approximate surface area is 222 Å². The fraction of sp³-hybridized carbons (Fsp3) is 0.179. The van der Waals surface area contributed by atoms with Crippen molar-refractivity contribution in [1.29, 1.82) is 0 Å². The van der Waals surface area contributed by atoms with Crippen LogP contribution in [0.4, 0.5) is 36.4 Å². The van der Waals surface area contributed by atoms with Crippen LogP contribution in [0, 0.1) is 5.82 Å². The monoisotopic (exact) mass is 558 g/mol. The predicted molar refractivity (Wildman–Crippen MR) is 131 cm³/mol. The molecule has 0 bridgehead atoms. The minimum absolute atomic E-state index is 0.115. The predicted octanol–water partition coefficient (Wildman–Crippen LogP) is 6.99. The van der Waals surface area contributed by atoms with Crippen LogP contribution in [0.1, 0.15) is 44.0 Å². The third kappa shape index (κ3) is 5.47. The molecule has 204 valence electrons. The molecular formula is C28H17F7N4O. The summed E-state index contributed by atoms with van der Waals surface area (Å²) >= 11 is 0. The molecule has 0 amide bonds. The van der Waals surface area contributed by atoms with Gasteiger partial charge in [-0.05, 0) is 41.5 Å². The van der Waals surface area contributed by atoms with E-state index in [2.05, 4.69) is 19.9 Å². The van der Waals surface area contributed by atoms with Crippen molar-refractivity contribution >= 4 is 17.7 Å². The molecule has 1 aliphatic rings. The van der Waals surface area contributed by atoms with Crippen molar-refractivity contribution in [3.63, 3.8) is 0 Å². The molecule has 0 aliphatic carbocycles. The Balaban J connectivity index is 1.45. The number of hydrogen-bond donors (Lipinski definition) is 0. The Hall–Kier alpha value is -4.48. The van der Waals surface area contributed by atoms with Gasteiger partial charge in [0.2, 0.25) is 0 Å². The molecule has 12 heteroatoms. The van der Waals surface area contributed by atoms with E-state index < -0.39 is 47.1 Å². The lowest BCUT2D eigenvalue weighted by Gasteiger charge is -2.16. The zero-order chi connectivity index (χ0) is 28.7. The van der Waals surface area contributed by atoms with Crippen LogP contribution in [0.25, 0.3) is 11.3 Å². The van der Waals surface area contributed by atoms with Crippen molar-refractivity contribution in [2.75, 3.05) is 0 Å². The van der Waals surface area contributed by atoms with Crippen molar-refractivity contribution in [1.82, 2.24) is 15.0 Å². The van der Waals surface area contributed by atoms with Crippen LogP contribution in [0.15, 0.2) is 66.0 Å². The molecule has 40 heavy (non-hydrogen) atoms. The SMILES string of the molecule is O=C(Cc1cc(Cc2ncccc2-c2ncnc3c2N=CC3)ccc1F)c1ccc(C(F)(F)F)cc1C(F)(F)F. The first-order chi connectivity index (χ1) is 18.9. The Bertz CT molecular complexity index is 1640. The number of hydrogen-bond acceptors (Lipinski definition) is 5. The summed E-state index contributed by atoms with van der Waals surface area (Å²) in [6.45, 7) is 0. The fourth-order valence-corrected chi connectivity index (χ4v) is 4.45. The van der Waals surface area contributed by atoms with Gasteiger partial charge in [-0.15, -0.1) is 0 Å². The smallest absolute Gasteiger partial charge is 0.294 e. The van der Waals surface area contributed by atoms with Gasteiger partial charge in [0.1, 0.15) is 23.5 Å². The van der Waals surface area contributed by atoms with Crippen LogP contribution in [0.3, 0.4) is 0 Å². The van der Waals surface area contributed by atoms with E-state index in [-0.39, 0.29) is 18.1 Å². The van der Waals surface area contributed by atoms with Gasteiger partial charge in [0, 0.05) is 42.8 Å². The lowest BCUT2D eigenvalue weighted by Crippen LogP contribution is -2.17. The molecule has 0 saturated heterocycles. The second-order valence-electron chi connectivity index (χ2n) is 8.99. The highest BCUT2D eigenvalue weighted by atomic mass is 19.4. The topological polar surface area (TPSA) is 68.1 Å². The van der Waals surface area contributed by atoms with E-state index in [0.29, 0.717) is 46.8 Å². The Morgan fingerprint density at radius 2 is 1.70 bits per heavy atom. The van der Waals surface area contributed by atoms with E-state index in [1.54, 1.807) is 24.5 Å². The average molecular weight is 558 g/mol. The molecule has 0 atom stereocenters. The number of aliphatic imine (C=N–C) groups is 1. The number of fused-ring (bicyclic) bond motifs is 1. The Morgan fingerprint density at radius 1 is 0.900 bits per heavy atom. The summed E-state index contributed by atoms with van der Waals surface area (Å²) in [5.74, 6) is -2.02. The second-order valence-corrected chi connectivity index (χ2v) is 8.99. The number of alkyl halides is 6. The highest BCUT2D eigenvalue weighted by Crippen LogP contribution is 2.38. The van der Waals surface area contributed by atoms with Crippen LogP contribution >= 0.6 is 0 Å². The number of rotatable bonds is 6. The fourth-order valence-electron chi connectivity index (χ4n) is 4.45. The van der Waals surface area contributed by atoms with Crippen LogP contribution in [0.5, 0.6) is 0 Å². The molecule has 0 saturated carbocycles. The Kier molecular flexibility index (Phi) is 6.94. The molecule has 2 aromatic heterocycles. The minimum Gasteiger partial charge on any atom is -0.294 e. The number of aromatic nitrogens is 3. The first-order valence-electron chi connectivity index (χ1n) is 11.8. The van der Waals surface area contributed by atoms with Gasteiger partial charge in [-0.3, -0.25) is 14.8 Å². The quantitative estimate of drug-likeness (QED) is 0.189. The zero-order valence-electron chi connectivity index (χ0n) is 20.3. The van der Waals surface area contributed by atoms with Crippen LogP contribution in [-0.2, 0) is 31.6 Å². The maximum atomic E-state index is 14.7. The molecule has 1 aliphatic heterocycles. The van der Waals surface area contributed by atoms with Crippen LogP contribution in [-0.4, -0.2) is 26.9 Å². The van der Waals surface area contributed by atoms with E-state index in [9.17, 15) is 35.5 Å². The number of carbonyl (C=O) groups is 1. The number of nitrogens with zero attached hydrogens (tertiary/aromatic N) is 4. The molecule has 2 aromatic carbocycles. The molecule has 0 N–H and O–H groups in total. The number of ketones is 1. The molecule has 0 spiro atoms. The third-order valence-corrected chi connectivity index (χ3v) is 6.33. The van der Waals surface area contributed by atoms with Gasteiger partial charge in [0.15, 0.2) is 5.78 Å². The van der Waals surface area contributed by atoms with Crippen molar-refractivity contribution in [3.8, 4) is 11.3 Å². The van der Waals surface area contributed by atoms with Crippen molar-refractivity contribution < 1.29 is 35.5 Å². The molecule has 0 fully saturated rings. The molecule has 0 unspecified atom stereocenters. The normalized spacial score (nSPS) is 13.0. The summed E-state index contributed by atoms with van der Waals surface area (Å²) in [4.78, 5) is 30.1. The summed E-state index contributed by atoms with van der Waals surface area (Å²) < 4.78 is 94.3. The van der Waals surface area contributed by atoms with Crippen molar-refractivity contribution in [2.24, 2.45) is 4.99 Å². The van der Waals surface area contributed by atoms with Crippen LogP contribution < -0.4 is 0 Å². The second kappa shape index (κ2) is 10.2. The summed E-state index contributed by atoms with van der Waals surface area (Å²) in [7, 11) is 0. The van der Waals surface area contributed by atoms with E-state index in [1.165, 1.54) is 18.5 Å². The zero-order valence-corrected chi connectivity index (χ0v) is 20.3. The lowest BCUT2D eigenvalue weighted by atomic mass is 9.94. The van der Waals surface area contributed by atoms with Gasteiger partial charge in [0.25, 0.3) is 0 Å². The molecule has 4 aromatic rings. The van der Waals surface area contributed by atoms with Crippen LogP contribution in [0.2, 0.25) is 0 Å². The molecular weight excluding hydrogens is 541 g/mol. The summed E-state index contributed by atoms with van der Waals surface area (Å²) in [5, 5.41) is 0. The van der Waals surface area contributed by atoms with Gasteiger partial charge in [-0.25, -0.2) is 14.4 Å². The minimum atomic E-state index is -5.23. The lowest BCUT2D eigenvalue weighted by molar-refractivity contribution is -0.143. The average Bonchev–Trinajstić information content (AvgIpc) is 3.39. The van der Waals surface area contributed by atoms with E-state index in [1.807, 2.05) is 0 Å². The van der Waals surface area contributed by atoms with E-state index in [0.717, 1.165) is 11.8 Å². The number of pyridine rings is 1. The number of benzene rings is 2. The van der Waals surface area contributed by atoms with E-state index in [4.69, 9.17) is 0 Å². The van der Waals surface area contributed by atoms with Gasteiger partial charge < -0.3 is 0 Å². The van der Waals surface area contributed by atoms with Crippen molar-refractivity contribution in [2.45, 2.75) is 31.6 Å². The molecule has 3 heterocycles. The maximum Gasteiger partial charge on any atom is 0.417 e. The molecule has 5 nitrogen and oxygen atoms in total. The molecule has 0 radical (unpaired) electrons. The standard InChI is InChI=1S/C28H17F7N4O/c29-21-6-3-15(11-23-19(2-1-8-36-23)25-26-22(7-9-37-26)38-14-39-25)10-16(21)12-24(40)18-5-4-17(27(30,31)32)13-20(18)28(33,34)35/h1-6,8-10,13-14H,7,11-12H2. The maximum absolute atomic E-state index is 14.7. The van der Waals surface area contributed by atoms with Gasteiger partial charge in [-0.2, -0.15) is 26.3 Å². The number of halogens is 7. The number of carbonyl (C=O) groups excluding carboxylic acids is 1. The highest BCUT2D eigenvalue weighted by molar-refractivity contribution is 5.99. The molecule has 5 rings (SSSR count). The summed E-state index contributed by atoms with van der Waals surface area (Å²) in [5.41, 5.74) is -0.835. The summed E-state index contributed by atoms with van der Waals surface area (Å²) in [6.07, 6.45) is -5.66.